The van der Waals surface area contributed by atoms with Gasteiger partial charge in [-0.3, -0.25) is 9.59 Å². The van der Waals surface area contributed by atoms with Gasteiger partial charge >= 0.3 is 5.97 Å². The van der Waals surface area contributed by atoms with Gasteiger partial charge in [-0.05, 0) is 44.9 Å². The molecule has 10 heteroatoms. The summed E-state index contributed by atoms with van der Waals surface area (Å²) in [7, 11) is 1.26. The number of hydrogen-bond donors (Lipinski definition) is 2. The first-order valence-electron chi connectivity index (χ1n) is 10.8. The highest BCUT2D eigenvalue weighted by atomic mass is 16.5. The van der Waals surface area contributed by atoms with Crippen molar-refractivity contribution in [1.82, 2.24) is 19.4 Å². The average molecular weight is 466 g/mol. The Kier molecular flexibility index (Phi) is 6.14. The summed E-state index contributed by atoms with van der Waals surface area (Å²) in [6.45, 7) is 5.94. The van der Waals surface area contributed by atoms with Crippen molar-refractivity contribution in [2.45, 2.75) is 39.8 Å². The fourth-order valence-corrected chi connectivity index (χ4v) is 4.40. The fourth-order valence-electron chi connectivity index (χ4n) is 4.40. The second-order valence-electron chi connectivity index (χ2n) is 8.21. The number of hydrogen-bond acceptors (Lipinski definition) is 7. The van der Waals surface area contributed by atoms with Crippen LogP contribution in [0.3, 0.4) is 0 Å². The van der Waals surface area contributed by atoms with Crippen LogP contribution in [0.4, 0.5) is 0 Å². The number of ketones is 1. The minimum absolute atomic E-state index is 0.0800. The molecule has 3 aromatic rings. The predicted molar refractivity (Wildman–Crippen MR) is 121 cm³/mol. The van der Waals surface area contributed by atoms with Crippen molar-refractivity contribution >= 4 is 23.4 Å². The van der Waals surface area contributed by atoms with Crippen molar-refractivity contribution in [3.05, 3.63) is 70.5 Å². The number of aromatic amines is 1. The third-order valence-electron chi connectivity index (χ3n) is 6.01. The highest BCUT2D eigenvalue weighted by Gasteiger charge is 2.47. The Labute approximate surface area is 195 Å². The Morgan fingerprint density at radius 2 is 2.00 bits per heavy atom. The molecule has 4 rings (SSSR count). The number of nitrogens with zero attached hydrogens (tertiary/aromatic N) is 3. The lowest BCUT2D eigenvalue weighted by Crippen LogP contribution is -2.31. The zero-order valence-electron chi connectivity index (χ0n) is 19.4. The number of nitrogens with one attached hydrogen (secondary N) is 1. The summed E-state index contributed by atoms with van der Waals surface area (Å²) in [6.07, 6.45) is 5.73. The molecule has 178 valence electrons. The molecule has 0 aliphatic carbocycles. The van der Waals surface area contributed by atoms with Gasteiger partial charge in [-0.25, -0.2) is 9.78 Å². The number of amides is 1. The van der Waals surface area contributed by atoms with E-state index in [1.807, 2.05) is 10.8 Å². The molecule has 10 nitrogen and oxygen atoms in total. The van der Waals surface area contributed by atoms with E-state index in [0.717, 1.165) is 0 Å². The third kappa shape index (κ3) is 3.91. The van der Waals surface area contributed by atoms with Gasteiger partial charge in [-0.15, -0.1) is 0 Å². The monoisotopic (exact) mass is 466 g/mol. The van der Waals surface area contributed by atoms with Gasteiger partial charge in [0.1, 0.15) is 29.0 Å². The van der Waals surface area contributed by atoms with Crippen LogP contribution >= 0.6 is 0 Å². The molecule has 4 heterocycles. The van der Waals surface area contributed by atoms with Crippen LogP contribution in [0.1, 0.15) is 51.3 Å². The summed E-state index contributed by atoms with van der Waals surface area (Å²) in [5, 5.41) is 11.3. The Bertz CT molecular complexity index is 1280. The van der Waals surface area contributed by atoms with Crippen LogP contribution in [-0.2, 0) is 20.9 Å². The van der Waals surface area contributed by atoms with E-state index in [9.17, 15) is 19.5 Å². The molecule has 0 spiro atoms. The highest BCUT2D eigenvalue weighted by molar-refractivity contribution is 6.46. The number of aliphatic hydroxyl groups is 1. The standard InChI is InChI=1S/C24H26N4O6/c1-13-6-7-16(34-13)20-18(21(29)17-14(2)19(24(32)33-4)26-15(17)3)22(30)23(31)28(20)10-5-9-27-11-8-25-12-27/h6-8,11-12,20,26,29H,5,9-10H2,1-4H3/b21-18+. The molecule has 0 aromatic carbocycles. The summed E-state index contributed by atoms with van der Waals surface area (Å²) < 4.78 is 12.5. The fraction of sp³-hybridized carbons (Fsp3) is 0.333. The zero-order valence-corrected chi connectivity index (χ0v) is 19.4. The van der Waals surface area contributed by atoms with Crippen molar-refractivity contribution in [1.29, 1.82) is 0 Å². The summed E-state index contributed by atoms with van der Waals surface area (Å²) >= 11 is 0. The molecule has 1 saturated heterocycles. The van der Waals surface area contributed by atoms with E-state index in [-0.39, 0.29) is 29.1 Å². The number of carbonyl (C=O) groups excluding carboxylic acids is 3. The number of aryl methyl sites for hydroxylation is 3. The van der Waals surface area contributed by atoms with Gasteiger partial charge in [0.25, 0.3) is 11.7 Å². The van der Waals surface area contributed by atoms with Gasteiger partial charge in [0.05, 0.1) is 19.0 Å². The molecular weight excluding hydrogens is 440 g/mol. The van der Waals surface area contributed by atoms with Gasteiger partial charge in [-0.1, -0.05) is 0 Å². The maximum Gasteiger partial charge on any atom is 0.354 e. The summed E-state index contributed by atoms with van der Waals surface area (Å²) in [5.74, 6) is -1.50. The molecule has 1 amide bonds. The van der Waals surface area contributed by atoms with Crippen molar-refractivity contribution < 1.29 is 28.6 Å². The molecule has 0 radical (unpaired) electrons. The Morgan fingerprint density at radius 1 is 1.24 bits per heavy atom. The second kappa shape index (κ2) is 9.05. The van der Waals surface area contributed by atoms with E-state index >= 15 is 0 Å². The quantitative estimate of drug-likeness (QED) is 0.237. The van der Waals surface area contributed by atoms with Gasteiger partial charge in [-0.2, -0.15) is 0 Å². The number of aliphatic hydroxyl groups excluding tert-OH is 1. The maximum atomic E-state index is 13.2. The van der Waals surface area contributed by atoms with Crippen LogP contribution in [0.5, 0.6) is 0 Å². The molecule has 1 unspecified atom stereocenters. The molecule has 0 saturated carbocycles. The van der Waals surface area contributed by atoms with Crippen LogP contribution in [0.15, 0.2) is 40.8 Å². The first kappa shape index (κ1) is 23.1. The first-order chi connectivity index (χ1) is 16.2. The third-order valence-corrected chi connectivity index (χ3v) is 6.01. The Balaban J connectivity index is 1.78. The van der Waals surface area contributed by atoms with Crippen LogP contribution in [0.2, 0.25) is 0 Å². The number of aromatic nitrogens is 3. The van der Waals surface area contributed by atoms with Gasteiger partial charge in [0.15, 0.2) is 0 Å². The molecule has 3 aromatic heterocycles. The lowest BCUT2D eigenvalue weighted by atomic mass is 9.97. The van der Waals surface area contributed by atoms with Gasteiger partial charge in [0.2, 0.25) is 0 Å². The number of esters is 1. The number of Topliss-reactive ketones (excluding diaryl/α,β-unsaturated/α-hetero) is 1. The zero-order chi connectivity index (χ0) is 24.6. The number of rotatable bonds is 7. The number of carbonyl (C=O) groups is 3. The largest absolute Gasteiger partial charge is 0.507 e. The molecule has 1 aliphatic rings. The second-order valence-corrected chi connectivity index (χ2v) is 8.21. The molecule has 2 N–H and O–H groups in total. The lowest BCUT2D eigenvalue weighted by Gasteiger charge is -2.23. The first-order valence-corrected chi connectivity index (χ1v) is 10.8. The van der Waals surface area contributed by atoms with E-state index in [1.165, 1.54) is 12.0 Å². The van der Waals surface area contributed by atoms with Crippen LogP contribution in [0, 0.1) is 20.8 Å². The van der Waals surface area contributed by atoms with E-state index in [2.05, 4.69) is 9.97 Å². The van der Waals surface area contributed by atoms with E-state index in [0.29, 0.717) is 35.7 Å². The van der Waals surface area contributed by atoms with Crippen molar-refractivity contribution in [3.63, 3.8) is 0 Å². The molecular formula is C24H26N4O6. The van der Waals surface area contributed by atoms with Crippen molar-refractivity contribution in [2.24, 2.45) is 0 Å². The highest BCUT2D eigenvalue weighted by Crippen LogP contribution is 2.41. The molecule has 1 fully saturated rings. The van der Waals surface area contributed by atoms with E-state index < -0.39 is 23.7 Å². The minimum Gasteiger partial charge on any atom is -0.507 e. The molecule has 0 bridgehead atoms. The normalized spacial score (nSPS) is 17.5. The topological polar surface area (TPSA) is 131 Å². The predicted octanol–water partition coefficient (Wildman–Crippen LogP) is 3.03. The molecule has 1 aliphatic heterocycles. The number of likely N-dealkylation sites (tertiary alicyclic amines) is 1. The van der Waals surface area contributed by atoms with Gasteiger partial charge < -0.3 is 28.7 Å². The average Bonchev–Trinajstić information content (AvgIpc) is 3.58. The van der Waals surface area contributed by atoms with Crippen molar-refractivity contribution in [2.75, 3.05) is 13.7 Å². The summed E-state index contributed by atoms with van der Waals surface area (Å²) in [5.41, 5.74) is 1.26. The van der Waals surface area contributed by atoms with E-state index in [4.69, 9.17) is 9.15 Å². The van der Waals surface area contributed by atoms with Crippen LogP contribution in [-0.4, -0.2) is 55.9 Å². The maximum absolute atomic E-state index is 13.2. The summed E-state index contributed by atoms with van der Waals surface area (Å²) in [6, 6.07) is 2.54. The van der Waals surface area contributed by atoms with Crippen LogP contribution in [0.25, 0.3) is 5.76 Å². The SMILES string of the molecule is COC(=O)c1[nH]c(C)c(/C(O)=C2\C(=O)C(=O)N(CCCn3ccnc3)C2c2ccc(C)o2)c1C. The number of ether oxygens (including phenoxy) is 1. The minimum atomic E-state index is -0.897. The number of H-pyrrole nitrogens is 1. The summed E-state index contributed by atoms with van der Waals surface area (Å²) in [4.78, 5) is 46.7. The molecule has 34 heavy (non-hydrogen) atoms. The number of imidazole rings is 1. The smallest absolute Gasteiger partial charge is 0.354 e. The van der Waals surface area contributed by atoms with Gasteiger partial charge in [0, 0.05) is 36.7 Å². The molecule has 1 atom stereocenters. The Morgan fingerprint density at radius 3 is 2.62 bits per heavy atom. The van der Waals surface area contributed by atoms with Crippen molar-refractivity contribution in [3.8, 4) is 0 Å². The number of furan rings is 1. The van der Waals surface area contributed by atoms with Crippen LogP contribution < -0.4 is 0 Å². The lowest BCUT2D eigenvalue weighted by molar-refractivity contribution is -0.140. The number of methoxy groups -OCH3 is 1. The van der Waals surface area contributed by atoms with E-state index in [1.54, 1.807) is 45.4 Å². The Hall–Kier alpha value is -4.08.